The first-order valence-corrected chi connectivity index (χ1v) is 15.5. The fourth-order valence-corrected chi connectivity index (χ4v) is 6.13. The maximum absolute atomic E-state index is 13.8. The maximum Gasteiger partial charge on any atom is 0.224 e. The standard InChI is InChI=1S/C33H48N2O5/c1-23(2)20-27(31(38)33(3)16-17-33)34-32(39)25-21-24-12-14-26(15-13-24)40-19-8-6-4-5-7-11-30(37)35-18-9-10-28(35)29(36)22-25/h12-15,23,25,27-28H,4-11,16-22H2,1-3H3,(H,34,39)/t25-,27+,28+/m1/s1. The summed E-state index contributed by atoms with van der Waals surface area (Å²) in [7, 11) is 0. The molecule has 0 radical (unpaired) electrons. The molecule has 2 bridgehead atoms. The van der Waals surface area contributed by atoms with Crippen molar-refractivity contribution in [2.75, 3.05) is 13.2 Å². The zero-order valence-corrected chi connectivity index (χ0v) is 24.7. The van der Waals surface area contributed by atoms with Crippen LogP contribution in [0.3, 0.4) is 0 Å². The van der Waals surface area contributed by atoms with E-state index in [1.54, 1.807) is 4.90 Å². The highest BCUT2D eigenvalue weighted by molar-refractivity contribution is 5.97. The van der Waals surface area contributed by atoms with Gasteiger partial charge in [0.25, 0.3) is 0 Å². The van der Waals surface area contributed by atoms with E-state index in [1.807, 2.05) is 31.2 Å². The minimum atomic E-state index is -0.617. The number of Topliss-reactive ketones (excluding diaryl/α,β-unsaturated/α-hetero) is 2. The second-order valence-electron chi connectivity index (χ2n) is 12.9. The van der Waals surface area contributed by atoms with Gasteiger partial charge in [-0.3, -0.25) is 19.2 Å². The topological polar surface area (TPSA) is 92.8 Å². The molecule has 4 aliphatic rings. The second kappa shape index (κ2) is 13.8. The molecular weight excluding hydrogens is 504 g/mol. The molecule has 1 N–H and O–H groups in total. The van der Waals surface area contributed by atoms with E-state index >= 15 is 0 Å². The Bertz CT molecular complexity index is 1050. The molecule has 7 nitrogen and oxygen atoms in total. The van der Waals surface area contributed by atoms with Crippen molar-refractivity contribution in [3.8, 4) is 5.75 Å². The minimum absolute atomic E-state index is 0.0497. The molecule has 0 unspecified atom stereocenters. The molecule has 0 aromatic heterocycles. The summed E-state index contributed by atoms with van der Waals surface area (Å²) >= 11 is 0. The number of ether oxygens (including phenoxy) is 1. The van der Waals surface area contributed by atoms with E-state index < -0.39 is 18.0 Å². The third kappa shape index (κ3) is 8.17. The van der Waals surface area contributed by atoms with Crippen LogP contribution >= 0.6 is 0 Å². The number of hydrogen-bond donors (Lipinski definition) is 1. The Labute approximate surface area is 239 Å². The number of hydrogen-bond acceptors (Lipinski definition) is 5. The van der Waals surface area contributed by atoms with Gasteiger partial charge in [0.05, 0.1) is 18.7 Å². The predicted octanol–water partition coefficient (Wildman–Crippen LogP) is 5.43. The van der Waals surface area contributed by atoms with Crippen LogP contribution in [0.1, 0.15) is 103 Å². The summed E-state index contributed by atoms with van der Waals surface area (Å²) in [4.78, 5) is 55.5. The smallest absolute Gasteiger partial charge is 0.224 e. The van der Waals surface area contributed by atoms with Crippen molar-refractivity contribution in [1.82, 2.24) is 10.2 Å². The van der Waals surface area contributed by atoms with Crippen LogP contribution < -0.4 is 10.1 Å². The van der Waals surface area contributed by atoms with E-state index in [2.05, 4.69) is 19.2 Å². The number of amides is 2. The summed E-state index contributed by atoms with van der Waals surface area (Å²) in [5.74, 6) is 0.279. The first-order valence-electron chi connectivity index (χ1n) is 15.5. The van der Waals surface area contributed by atoms with E-state index in [9.17, 15) is 19.2 Å². The monoisotopic (exact) mass is 552 g/mol. The van der Waals surface area contributed by atoms with Gasteiger partial charge in [0, 0.05) is 30.7 Å². The van der Waals surface area contributed by atoms with Crippen molar-refractivity contribution >= 4 is 23.4 Å². The van der Waals surface area contributed by atoms with Crippen molar-refractivity contribution in [1.29, 1.82) is 0 Å². The molecule has 5 rings (SSSR count). The summed E-state index contributed by atoms with van der Waals surface area (Å²) in [6, 6.07) is 6.77. The molecule has 2 fully saturated rings. The minimum Gasteiger partial charge on any atom is -0.494 e. The highest BCUT2D eigenvalue weighted by Gasteiger charge is 2.48. The van der Waals surface area contributed by atoms with Gasteiger partial charge in [-0.05, 0) is 75.0 Å². The molecule has 1 saturated carbocycles. The predicted molar refractivity (Wildman–Crippen MR) is 155 cm³/mol. The van der Waals surface area contributed by atoms with Crippen molar-refractivity contribution in [2.24, 2.45) is 17.3 Å². The molecule has 0 spiro atoms. The van der Waals surface area contributed by atoms with Gasteiger partial charge in [-0.15, -0.1) is 0 Å². The normalized spacial score (nSPS) is 24.9. The summed E-state index contributed by atoms with van der Waals surface area (Å²) in [6.45, 7) is 7.34. The number of carbonyl (C=O) groups is 4. The van der Waals surface area contributed by atoms with E-state index in [1.165, 1.54) is 0 Å². The van der Waals surface area contributed by atoms with E-state index in [4.69, 9.17) is 4.74 Å². The van der Waals surface area contributed by atoms with Gasteiger partial charge in [0.2, 0.25) is 11.8 Å². The molecule has 1 aromatic carbocycles. The number of benzene rings is 1. The molecule has 7 heteroatoms. The molecule has 220 valence electrons. The maximum atomic E-state index is 13.8. The van der Waals surface area contributed by atoms with Crippen LogP contribution in [-0.2, 0) is 25.6 Å². The molecule has 3 heterocycles. The Kier molecular flexibility index (Phi) is 10.4. The van der Waals surface area contributed by atoms with Crippen LogP contribution in [0.15, 0.2) is 24.3 Å². The van der Waals surface area contributed by atoms with Gasteiger partial charge in [0.1, 0.15) is 5.75 Å². The van der Waals surface area contributed by atoms with Crippen LogP contribution in [0, 0.1) is 17.3 Å². The summed E-state index contributed by atoms with van der Waals surface area (Å²) in [6.07, 6.45) is 9.58. The zero-order valence-electron chi connectivity index (χ0n) is 24.7. The lowest BCUT2D eigenvalue weighted by Gasteiger charge is -2.27. The number of nitrogens with zero attached hydrogens (tertiary/aromatic N) is 1. The van der Waals surface area contributed by atoms with Gasteiger partial charge in [0.15, 0.2) is 11.6 Å². The van der Waals surface area contributed by atoms with E-state index in [0.717, 1.165) is 62.7 Å². The molecule has 1 aliphatic carbocycles. The summed E-state index contributed by atoms with van der Waals surface area (Å²) in [5.41, 5.74) is 0.596. The van der Waals surface area contributed by atoms with E-state index in [0.29, 0.717) is 38.8 Å². The number of ketones is 2. The van der Waals surface area contributed by atoms with Gasteiger partial charge >= 0.3 is 0 Å². The number of nitrogens with one attached hydrogen (secondary N) is 1. The van der Waals surface area contributed by atoms with Crippen LogP contribution in [0.2, 0.25) is 0 Å². The van der Waals surface area contributed by atoms with Gasteiger partial charge in [-0.1, -0.05) is 52.2 Å². The SMILES string of the molecule is CC(C)C[C@H](NC(=O)[C@H]1CC(=O)[C@@H]2CCCN2C(=O)CCCCCCCOc2ccc(cc2)C1)C(=O)C1(C)CC1. The van der Waals surface area contributed by atoms with Crippen molar-refractivity contribution in [3.63, 3.8) is 0 Å². The Morgan fingerprint density at radius 3 is 2.40 bits per heavy atom. The van der Waals surface area contributed by atoms with Crippen molar-refractivity contribution < 1.29 is 23.9 Å². The van der Waals surface area contributed by atoms with E-state index in [-0.39, 0.29) is 41.1 Å². The van der Waals surface area contributed by atoms with Crippen molar-refractivity contribution in [3.05, 3.63) is 29.8 Å². The molecule has 3 atom stereocenters. The molecule has 1 saturated heterocycles. The van der Waals surface area contributed by atoms with Gasteiger partial charge in [-0.25, -0.2) is 0 Å². The lowest BCUT2D eigenvalue weighted by atomic mass is 9.88. The molecule has 3 aliphatic heterocycles. The van der Waals surface area contributed by atoms with Crippen LogP contribution in [0.5, 0.6) is 5.75 Å². The Balaban J connectivity index is 1.55. The summed E-state index contributed by atoms with van der Waals surface area (Å²) in [5, 5.41) is 3.07. The lowest BCUT2D eigenvalue weighted by Crippen LogP contribution is -2.48. The third-order valence-corrected chi connectivity index (χ3v) is 8.91. The van der Waals surface area contributed by atoms with Crippen LogP contribution in [0.4, 0.5) is 0 Å². The first kappa shape index (κ1) is 30.3. The fourth-order valence-electron chi connectivity index (χ4n) is 6.13. The van der Waals surface area contributed by atoms with Crippen LogP contribution in [-0.4, -0.2) is 53.5 Å². The number of rotatable bonds is 6. The highest BCUT2D eigenvalue weighted by atomic mass is 16.5. The largest absolute Gasteiger partial charge is 0.494 e. The Morgan fingerprint density at radius 1 is 1.00 bits per heavy atom. The fraction of sp³-hybridized carbons (Fsp3) is 0.697. The Morgan fingerprint density at radius 2 is 1.70 bits per heavy atom. The van der Waals surface area contributed by atoms with Crippen molar-refractivity contribution in [2.45, 2.75) is 116 Å². The summed E-state index contributed by atoms with van der Waals surface area (Å²) < 4.78 is 5.91. The average molecular weight is 553 g/mol. The quantitative estimate of drug-likeness (QED) is 0.508. The molecule has 2 amide bonds. The zero-order chi connectivity index (χ0) is 28.7. The average Bonchev–Trinajstić information content (AvgIpc) is 3.47. The number of fused-ring (bicyclic) bond motifs is 13. The molecular formula is C33H48N2O5. The third-order valence-electron chi connectivity index (χ3n) is 8.91. The molecule has 40 heavy (non-hydrogen) atoms. The highest BCUT2D eigenvalue weighted by Crippen LogP contribution is 2.47. The Hall–Kier alpha value is -2.70. The molecule has 1 aromatic rings. The first-order chi connectivity index (χ1) is 19.2. The number of carbonyl (C=O) groups excluding carboxylic acids is 4. The second-order valence-corrected chi connectivity index (χ2v) is 12.9. The van der Waals surface area contributed by atoms with Crippen LogP contribution in [0.25, 0.3) is 0 Å². The lowest BCUT2D eigenvalue weighted by molar-refractivity contribution is -0.139. The van der Waals surface area contributed by atoms with Gasteiger partial charge in [-0.2, -0.15) is 0 Å². The van der Waals surface area contributed by atoms with Gasteiger partial charge < -0.3 is 15.0 Å².